The van der Waals surface area contributed by atoms with Crippen molar-refractivity contribution < 1.29 is 14.2 Å². The lowest BCUT2D eigenvalue weighted by Gasteiger charge is -2.17. The number of thiol groups is 6. The standard InChI is InChI=1S/C9H20O3S3.C3H8S3.9CH4/c13-4-1-10-7-9(12-3-6-15)8-11-2-5-14;4-1-3(6)2-5;;;;;;;;;/h9,13-15H,1-8H2;3-6H,1-2H2;9*1H4. The average molecular weight is 557 g/mol. The Kier molecular flexibility index (Phi) is 147. The van der Waals surface area contributed by atoms with Crippen LogP contribution in [0.5, 0.6) is 0 Å². The molecule has 0 amide bonds. The van der Waals surface area contributed by atoms with Crippen LogP contribution in [0.4, 0.5) is 0 Å². The normalized spacial score (nSPS) is 7.60. The third-order valence-corrected chi connectivity index (χ3v) is 4.32. The summed E-state index contributed by atoms with van der Waals surface area (Å²) in [4.78, 5) is 0. The van der Waals surface area contributed by atoms with Crippen molar-refractivity contribution in [3.63, 3.8) is 0 Å². The van der Waals surface area contributed by atoms with E-state index in [1.54, 1.807) is 0 Å². The number of hydrogen-bond acceptors (Lipinski definition) is 9. The number of ether oxygens (including phenoxy) is 3. The lowest BCUT2D eigenvalue weighted by molar-refractivity contribution is -0.0507. The molecule has 0 saturated heterocycles. The van der Waals surface area contributed by atoms with Crippen LogP contribution >= 0.6 is 75.8 Å². The van der Waals surface area contributed by atoms with Crippen molar-refractivity contribution in [2.45, 2.75) is 78.2 Å². The fourth-order valence-corrected chi connectivity index (χ4v) is 1.81. The Morgan fingerprint density at radius 2 is 0.800 bits per heavy atom. The van der Waals surface area contributed by atoms with Gasteiger partial charge < -0.3 is 14.2 Å². The van der Waals surface area contributed by atoms with Crippen molar-refractivity contribution in [3.05, 3.63) is 0 Å². The second-order valence-corrected chi connectivity index (χ2v) is 6.63. The zero-order chi connectivity index (χ0) is 16.3. The van der Waals surface area contributed by atoms with Gasteiger partial charge in [-0.05, 0) is 0 Å². The molecule has 3 nitrogen and oxygen atoms in total. The summed E-state index contributed by atoms with van der Waals surface area (Å²) in [6.07, 6.45) is -0.0167. The first-order chi connectivity index (χ1) is 10.2. The summed E-state index contributed by atoms with van der Waals surface area (Å²) in [7, 11) is 0. The Bertz CT molecular complexity index is 182. The van der Waals surface area contributed by atoms with E-state index >= 15 is 0 Å². The van der Waals surface area contributed by atoms with Crippen LogP contribution in [-0.2, 0) is 14.2 Å². The first-order valence-electron chi connectivity index (χ1n) is 6.65. The van der Waals surface area contributed by atoms with E-state index in [4.69, 9.17) is 14.2 Å². The van der Waals surface area contributed by atoms with Gasteiger partial charge in [0.05, 0.1) is 33.0 Å². The van der Waals surface area contributed by atoms with Crippen LogP contribution in [0.3, 0.4) is 0 Å². The summed E-state index contributed by atoms with van der Waals surface area (Å²) in [6, 6.07) is 0. The van der Waals surface area contributed by atoms with Crippen LogP contribution in [-0.4, -0.2) is 73.2 Å². The molecule has 9 heteroatoms. The predicted molar refractivity (Wildman–Crippen MR) is 174 cm³/mol. The Morgan fingerprint density at radius 3 is 1.00 bits per heavy atom. The molecule has 0 spiro atoms. The maximum absolute atomic E-state index is 5.51. The molecule has 0 unspecified atom stereocenters. The fraction of sp³-hybridized carbons (Fsp3) is 1.00. The van der Waals surface area contributed by atoms with Gasteiger partial charge in [0.1, 0.15) is 6.10 Å². The lowest BCUT2D eigenvalue weighted by atomic mass is 10.4. The predicted octanol–water partition coefficient (Wildman–Crippen LogP) is 8.06. The van der Waals surface area contributed by atoms with Gasteiger partial charge in [0.15, 0.2) is 0 Å². The van der Waals surface area contributed by atoms with Crippen molar-refractivity contribution in [2.75, 3.05) is 61.8 Å². The molecule has 0 aliphatic rings. The van der Waals surface area contributed by atoms with Crippen molar-refractivity contribution in [1.29, 1.82) is 0 Å². The molecule has 0 heterocycles. The van der Waals surface area contributed by atoms with Gasteiger partial charge in [0.25, 0.3) is 0 Å². The first-order valence-corrected chi connectivity index (χ1v) is 10.3. The van der Waals surface area contributed by atoms with Gasteiger partial charge in [-0.15, -0.1) is 0 Å². The summed E-state index contributed by atoms with van der Waals surface area (Å²) in [5.74, 6) is 3.77. The van der Waals surface area contributed by atoms with E-state index in [9.17, 15) is 0 Å². The maximum Gasteiger partial charge on any atom is 0.104 e. The molecular weight excluding hydrogens is 493 g/mol. The molecule has 0 aromatic rings. The summed E-state index contributed by atoms with van der Waals surface area (Å²) in [6.45, 7) is 2.97. The third-order valence-electron chi connectivity index (χ3n) is 1.95. The maximum atomic E-state index is 5.51. The van der Waals surface area contributed by atoms with Crippen LogP contribution in [0, 0.1) is 0 Å². The minimum absolute atomic E-state index is 0. The van der Waals surface area contributed by atoms with Gasteiger partial charge in [-0.2, -0.15) is 75.8 Å². The Labute approximate surface area is 228 Å². The van der Waals surface area contributed by atoms with Crippen LogP contribution in [0.1, 0.15) is 66.8 Å². The minimum atomic E-state index is -0.0167. The summed E-state index contributed by atoms with van der Waals surface area (Å²) < 4.78 is 16.2. The molecular formula is C21H64O3S6. The molecule has 0 saturated carbocycles. The SMILES string of the molecule is C.C.C.C.C.C.C.C.C.SCC(S)CS.SCCOCC(COCCS)OCCS. The van der Waals surface area contributed by atoms with E-state index in [-0.39, 0.29) is 72.9 Å². The summed E-state index contributed by atoms with van der Waals surface area (Å²) >= 11 is 24.2. The molecule has 0 radical (unpaired) electrons. The van der Waals surface area contributed by atoms with Crippen molar-refractivity contribution in [2.24, 2.45) is 0 Å². The summed E-state index contributed by atoms with van der Waals surface area (Å²) in [5, 5.41) is 0.358. The summed E-state index contributed by atoms with van der Waals surface area (Å²) in [5.41, 5.74) is 0. The quantitative estimate of drug-likeness (QED) is 0.102. The van der Waals surface area contributed by atoms with Gasteiger partial charge in [0.2, 0.25) is 0 Å². The van der Waals surface area contributed by atoms with E-state index in [0.717, 1.165) is 23.0 Å². The highest BCUT2D eigenvalue weighted by molar-refractivity contribution is 7.86. The van der Waals surface area contributed by atoms with E-state index in [0.29, 0.717) is 44.0 Å². The largest absolute Gasteiger partial charge is 0.378 e. The van der Waals surface area contributed by atoms with Crippen molar-refractivity contribution in [3.8, 4) is 0 Å². The first kappa shape index (κ1) is 69.7. The fourth-order valence-electron chi connectivity index (χ4n) is 0.980. The molecule has 0 aromatic carbocycles. The monoisotopic (exact) mass is 556 g/mol. The van der Waals surface area contributed by atoms with Gasteiger partial charge in [-0.25, -0.2) is 0 Å². The number of rotatable bonds is 13. The van der Waals surface area contributed by atoms with Crippen LogP contribution in [0.15, 0.2) is 0 Å². The highest BCUT2D eigenvalue weighted by atomic mass is 32.1. The highest BCUT2D eigenvalue weighted by Crippen LogP contribution is 1.98. The van der Waals surface area contributed by atoms with Crippen molar-refractivity contribution in [1.82, 2.24) is 0 Å². The second kappa shape index (κ2) is 63.3. The van der Waals surface area contributed by atoms with E-state index in [1.807, 2.05) is 0 Å². The third kappa shape index (κ3) is 63.1. The molecule has 0 aromatic heterocycles. The minimum Gasteiger partial charge on any atom is -0.378 e. The van der Waals surface area contributed by atoms with Gasteiger partial charge in [-0.1, -0.05) is 66.8 Å². The second-order valence-electron chi connectivity index (χ2n) is 3.83. The van der Waals surface area contributed by atoms with E-state index in [1.165, 1.54) is 0 Å². The average Bonchev–Trinajstić information content (AvgIpc) is 2.52. The molecule has 30 heavy (non-hydrogen) atoms. The van der Waals surface area contributed by atoms with Gasteiger partial charge >= 0.3 is 0 Å². The highest BCUT2D eigenvalue weighted by Gasteiger charge is 2.09. The smallest absolute Gasteiger partial charge is 0.104 e. The van der Waals surface area contributed by atoms with Crippen LogP contribution in [0.2, 0.25) is 0 Å². The molecule has 0 N–H and O–H groups in total. The molecule has 0 rings (SSSR count). The van der Waals surface area contributed by atoms with E-state index < -0.39 is 0 Å². The van der Waals surface area contributed by atoms with Crippen molar-refractivity contribution >= 4 is 75.8 Å². The van der Waals surface area contributed by atoms with Crippen LogP contribution < -0.4 is 0 Å². The Balaban J connectivity index is -0.0000000241. The lowest BCUT2D eigenvalue weighted by Crippen LogP contribution is -2.27. The molecule has 0 atom stereocenters. The molecule has 0 aliphatic heterocycles. The molecule has 202 valence electrons. The molecule has 0 aliphatic carbocycles. The molecule has 0 bridgehead atoms. The zero-order valence-electron chi connectivity index (χ0n) is 12.1. The number of hydrogen-bond donors (Lipinski definition) is 6. The van der Waals surface area contributed by atoms with E-state index in [2.05, 4.69) is 75.8 Å². The topological polar surface area (TPSA) is 27.7 Å². The van der Waals surface area contributed by atoms with Gasteiger partial charge in [0, 0.05) is 34.0 Å². The Morgan fingerprint density at radius 1 is 0.500 bits per heavy atom. The molecule has 0 fully saturated rings. The van der Waals surface area contributed by atoms with Crippen LogP contribution in [0.25, 0.3) is 0 Å². The van der Waals surface area contributed by atoms with Gasteiger partial charge in [-0.3, -0.25) is 0 Å². The zero-order valence-corrected chi connectivity index (χ0v) is 17.5. The Hall–Kier alpha value is 1.98.